The first-order valence-electron chi connectivity index (χ1n) is 8.27. The SMILES string of the molecule is CC(C)n1cc(CN2CCCCCC2)c2cccc(N)c21. The molecule has 21 heavy (non-hydrogen) atoms. The number of fused-ring (bicyclic) bond motifs is 1. The molecule has 114 valence electrons. The van der Waals surface area contributed by atoms with Crippen LogP contribution in [-0.4, -0.2) is 22.6 Å². The highest BCUT2D eigenvalue weighted by atomic mass is 15.1. The second-order valence-corrected chi connectivity index (χ2v) is 6.59. The lowest BCUT2D eigenvalue weighted by Gasteiger charge is -2.19. The number of nitrogens with zero attached hydrogens (tertiary/aromatic N) is 2. The minimum atomic E-state index is 0.440. The van der Waals surface area contributed by atoms with E-state index in [2.05, 4.69) is 41.6 Å². The predicted molar refractivity (Wildman–Crippen MR) is 90.5 cm³/mol. The maximum absolute atomic E-state index is 6.23. The molecule has 2 aromatic rings. The summed E-state index contributed by atoms with van der Waals surface area (Å²) in [5, 5.41) is 1.33. The minimum absolute atomic E-state index is 0.440. The van der Waals surface area contributed by atoms with Gasteiger partial charge < -0.3 is 10.3 Å². The number of aromatic nitrogens is 1. The van der Waals surface area contributed by atoms with Crippen molar-refractivity contribution >= 4 is 16.6 Å². The number of nitrogen functional groups attached to an aromatic ring is 1. The van der Waals surface area contributed by atoms with E-state index >= 15 is 0 Å². The van der Waals surface area contributed by atoms with Crippen LogP contribution in [0.4, 0.5) is 5.69 Å². The van der Waals surface area contributed by atoms with E-state index in [0.717, 1.165) is 12.2 Å². The number of para-hydroxylation sites is 1. The molecule has 2 N–H and O–H groups in total. The van der Waals surface area contributed by atoms with Crippen LogP contribution in [-0.2, 0) is 6.54 Å². The van der Waals surface area contributed by atoms with Gasteiger partial charge in [0.2, 0.25) is 0 Å². The van der Waals surface area contributed by atoms with Gasteiger partial charge in [-0.05, 0) is 51.4 Å². The van der Waals surface area contributed by atoms with Crippen molar-refractivity contribution < 1.29 is 0 Å². The van der Waals surface area contributed by atoms with Crippen LogP contribution in [0.5, 0.6) is 0 Å². The molecule has 1 aromatic carbocycles. The number of hydrogen-bond acceptors (Lipinski definition) is 2. The average Bonchev–Trinajstić information content (AvgIpc) is 2.65. The van der Waals surface area contributed by atoms with Crippen LogP contribution in [0, 0.1) is 0 Å². The quantitative estimate of drug-likeness (QED) is 0.858. The normalized spacial score (nSPS) is 17.5. The molecule has 3 heteroatoms. The van der Waals surface area contributed by atoms with Crippen molar-refractivity contribution in [3.8, 4) is 0 Å². The highest BCUT2D eigenvalue weighted by molar-refractivity contribution is 5.93. The number of benzene rings is 1. The Hall–Kier alpha value is -1.48. The lowest BCUT2D eigenvalue weighted by Crippen LogP contribution is -2.23. The standard InChI is InChI=1S/C18H27N3/c1-14(2)21-13-15(12-20-10-5-3-4-6-11-20)16-8-7-9-17(19)18(16)21/h7-9,13-14H,3-6,10-12,19H2,1-2H3. The van der Waals surface area contributed by atoms with Crippen LogP contribution in [0.25, 0.3) is 10.9 Å². The molecule has 1 aliphatic heterocycles. The van der Waals surface area contributed by atoms with Crippen LogP contribution in [0.3, 0.4) is 0 Å². The highest BCUT2D eigenvalue weighted by Gasteiger charge is 2.16. The molecule has 0 unspecified atom stereocenters. The van der Waals surface area contributed by atoms with Gasteiger partial charge in [-0.3, -0.25) is 4.90 Å². The summed E-state index contributed by atoms with van der Waals surface area (Å²) in [6, 6.07) is 6.75. The van der Waals surface area contributed by atoms with Crippen LogP contribution in [0.2, 0.25) is 0 Å². The Morgan fingerprint density at radius 2 is 1.81 bits per heavy atom. The fraction of sp³-hybridized carbons (Fsp3) is 0.556. The van der Waals surface area contributed by atoms with Crippen LogP contribution < -0.4 is 5.73 Å². The molecule has 0 aliphatic carbocycles. The molecular weight excluding hydrogens is 258 g/mol. The van der Waals surface area contributed by atoms with Gasteiger partial charge in [0.1, 0.15) is 0 Å². The topological polar surface area (TPSA) is 34.2 Å². The second kappa shape index (κ2) is 6.10. The van der Waals surface area contributed by atoms with Gasteiger partial charge in [-0.1, -0.05) is 25.0 Å². The van der Waals surface area contributed by atoms with E-state index in [1.54, 1.807) is 0 Å². The molecule has 1 aromatic heterocycles. The maximum Gasteiger partial charge on any atom is 0.0719 e. The Balaban J connectivity index is 1.96. The smallest absolute Gasteiger partial charge is 0.0719 e. The third-order valence-corrected chi connectivity index (χ3v) is 4.62. The second-order valence-electron chi connectivity index (χ2n) is 6.59. The van der Waals surface area contributed by atoms with Crippen LogP contribution >= 0.6 is 0 Å². The summed E-state index contributed by atoms with van der Waals surface area (Å²) >= 11 is 0. The Bertz CT molecular complexity index is 604. The number of hydrogen-bond donors (Lipinski definition) is 1. The maximum atomic E-state index is 6.23. The summed E-state index contributed by atoms with van der Waals surface area (Å²) in [7, 11) is 0. The lowest BCUT2D eigenvalue weighted by atomic mass is 10.1. The molecule has 3 nitrogen and oxygen atoms in total. The van der Waals surface area contributed by atoms with Crippen molar-refractivity contribution in [2.24, 2.45) is 0 Å². The van der Waals surface area contributed by atoms with Gasteiger partial charge in [0, 0.05) is 24.2 Å². The van der Waals surface area contributed by atoms with Crippen LogP contribution in [0.15, 0.2) is 24.4 Å². The molecule has 1 aliphatic rings. The van der Waals surface area contributed by atoms with Gasteiger partial charge in [-0.15, -0.1) is 0 Å². The van der Waals surface area contributed by atoms with E-state index < -0.39 is 0 Å². The van der Waals surface area contributed by atoms with Crippen LogP contribution in [0.1, 0.15) is 51.1 Å². The van der Waals surface area contributed by atoms with E-state index in [-0.39, 0.29) is 0 Å². The Morgan fingerprint density at radius 3 is 2.48 bits per heavy atom. The Kier molecular flexibility index (Phi) is 4.20. The summed E-state index contributed by atoms with van der Waals surface area (Å²) in [5.41, 5.74) is 9.75. The molecule has 0 atom stereocenters. The largest absolute Gasteiger partial charge is 0.397 e. The van der Waals surface area contributed by atoms with Gasteiger partial charge >= 0.3 is 0 Å². The summed E-state index contributed by atoms with van der Waals surface area (Å²) in [4.78, 5) is 2.61. The fourth-order valence-corrected chi connectivity index (χ4v) is 3.48. The summed E-state index contributed by atoms with van der Waals surface area (Å²) in [6.07, 6.45) is 7.76. The number of rotatable bonds is 3. The molecule has 3 rings (SSSR count). The lowest BCUT2D eigenvalue weighted by molar-refractivity contribution is 0.277. The van der Waals surface area contributed by atoms with E-state index in [0.29, 0.717) is 6.04 Å². The summed E-state index contributed by atoms with van der Waals surface area (Å²) in [5.74, 6) is 0. The first-order chi connectivity index (χ1) is 10.2. The molecule has 0 spiro atoms. The average molecular weight is 285 g/mol. The fourth-order valence-electron chi connectivity index (χ4n) is 3.48. The number of likely N-dealkylation sites (tertiary alicyclic amines) is 1. The monoisotopic (exact) mass is 285 g/mol. The zero-order valence-electron chi connectivity index (χ0n) is 13.3. The first kappa shape index (κ1) is 14.5. The zero-order valence-corrected chi connectivity index (χ0v) is 13.3. The van der Waals surface area contributed by atoms with Crippen molar-refractivity contribution in [1.29, 1.82) is 0 Å². The molecule has 1 saturated heterocycles. The van der Waals surface area contributed by atoms with E-state index in [4.69, 9.17) is 5.73 Å². The minimum Gasteiger partial charge on any atom is -0.397 e. The summed E-state index contributed by atoms with van der Waals surface area (Å²) < 4.78 is 2.33. The third-order valence-electron chi connectivity index (χ3n) is 4.62. The zero-order chi connectivity index (χ0) is 14.8. The number of anilines is 1. The molecule has 0 amide bonds. The predicted octanol–water partition coefficient (Wildman–Crippen LogP) is 4.18. The van der Waals surface area contributed by atoms with Crippen molar-refractivity contribution in [3.05, 3.63) is 30.0 Å². The number of nitrogens with two attached hydrogens (primary N) is 1. The van der Waals surface area contributed by atoms with Crippen molar-refractivity contribution in [3.63, 3.8) is 0 Å². The molecular formula is C18H27N3. The Morgan fingerprint density at radius 1 is 1.10 bits per heavy atom. The highest BCUT2D eigenvalue weighted by Crippen LogP contribution is 2.30. The van der Waals surface area contributed by atoms with Crippen molar-refractivity contribution in [2.75, 3.05) is 18.8 Å². The van der Waals surface area contributed by atoms with Gasteiger partial charge in [0.05, 0.1) is 11.2 Å². The van der Waals surface area contributed by atoms with Gasteiger partial charge in [-0.25, -0.2) is 0 Å². The van der Waals surface area contributed by atoms with E-state index in [1.807, 2.05) is 6.07 Å². The van der Waals surface area contributed by atoms with Gasteiger partial charge in [0.15, 0.2) is 0 Å². The molecule has 0 bridgehead atoms. The molecule has 0 radical (unpaired) electrons. The first-order valence-corrected chi connectivity index (χ1v) is 8.27. The molecule has 1 fully saturated rings. The van der Waals surface area contributed by atoms with E-state index in [9.17, 15) is 0 Å². The Labute approximate surface area is 127 Å². The molecule has 2 heterocycles. The third kappa shape index (κ3) is 2.93. The molecule has 0 saturated carbocycles. The van der Waals surface area contributed by atoms with E-state index in [1.165, 1.54) is 55.2 Å². The van der Waals surface area contributed by atoms with Crippen molar-refractivity contribution in [2.45, 2.75) is 52.1 Å². The summed E-state index contributed by atoms with van der Waals surface area (Å²) in [6.45, 7) is 7.97. The van der Waals surface area contributed by atoms with Gasteiger partial charge in [0.25, 0.3) is 0 Å². The van der Waals surface area contributed by atoms with Crippen molar-refractivity contribution in [1.82, 2.24) is 9.47 Å². The van der Waals surface area contributed by atoms with Gasteiger partial charge in [-0.2, -0.15) is 0 Å².